The quantitative estimate of drug-likeness (QED) is 0.659. The van der Waals surface area contributed by atoms with E-state index in [1.807, 2.05) is 53.1 Å². The number of rotatable bonds is 7. The smallest absolute Gasteiger partial charge is 0.237 e. The topological polar surface area (TPSA) is 95.3 Å². The molecule has 0 aliphatic rings. The lowest BCUT2D eigenvalue weighted by Gasteiger charge is -2.08. The lowest BCUT2D eigenvalue weighted by atomic mass is 10.3. The van der Waals surface area contributed by atoms with Crippen molar-refractivity contribution in [2.45, 2.75) is 13.1 Å². The van der Waals surface area contributed by atoms with E-state index < -0.39 is 5.91 Å². The lowest BCUT2D eigenvalue weighted by molar-refractivity contribution is -0.118. The average Bonchev–Trinajstić information content (AvgIpc) is 2.88. The van der Waals surface area contributed by atoms with Gasteiger partial charge in [-0.25, -0.2) is 0 Å². The van der Waals surface area contributed by atoms with Crippen LogP contribution in [-0.2, 0) is 17.9 Å². The molecule has 3 aromatic rings. The molecule has 0 radical (unpaired) electrons. The van der Waals surface area contributed by atoms with E-state index in [-0.39, 0.29) is 24.6 Å². The van der Waals surface area contributed by atoms with Crippen LogP contribution in [-0.4, -0.2) is 28.8 Å². The van der Waals surface area contributed by atoms with Crippen LogP contribution >= 0.6 is 12.4 Å². The summed E-state index contributed by atoms with van der Waals surface area (Å²) in [5, 5.41) is 8.35. The van der Waals surface area contributed by atoms with Gasteiger partial charge in [-0.2, -0.15) is 0 Å². The molecule has 2 aromatic carbocycles. The number of ether oxygens (including phenoxy) is 2. The molecule has 1 aromatic heterocycles. The zero-order valence-corrected chi connectivity index (χ0v) is 15.2. The molecule has 8 heteroatoms. The maximum atomic E-state index is 11.3. The van der Waals surface area contributed by atoms with Crippen LogP contribution in [0.4, 0.5) is 0 Å². The molecule has 26 heavy (non-hydrogen) atoms. The number of halogens is 1. The standard InChI is InChI=1S/C18H20N4O3.ClH/c1-24-13-6-8-14(9-7-13)25-11-10-21-15-4-2-3-5-16(15)22(18(21)20)12-17(19)23;/h2-9,20H,10-12H2,1H3,(H2,19,23);1H. The van der Waals surface area contributed by atoms with E-state index in [0.29, 0.717) is 13.2 Å². The van der Waals surface area contributed by atoms with Gasteiger partial charge in [-0.05, 0) is 36.4 Å². The number of nitrogens with one attached hydrogen (secondary N) is 1. The fraction of sp³-hybridized carbons (Fsp3) is 0.222. The summed E-state index contributed by atoms with van der Waals surface area (Å²) in [5.74, 6) is 1.02. The number of methoxy groups -OCH3 is 1. The molecule has 1 amide bonds. The van der Waals surface area contributed by atoms with Crippen LogP contribution in [0.3, 0.4) is 0 Å². The minimum Gasteiger partial charge on any atom is -0.497 e. The third-order valence-corrected chi connectivity index (χ3v) is 3.93. The normalized spacial score (nSPS) is 10.3. The van der Waals surface area contributed by atoms with Crippen LogP contribution in [0, 0.1) is 5.41 Å². The summed E-state index contributed by atoms with van der Waals surface area (Å²) in [6, 6.07) is 14.9. The minimum absolute atomic E-state index is 0. The fourth-order valence-corrected chi connectivity index (χ4v) is 2.76. The van der Waals surface area contributed by atoms with Gasteiger partial charge in [0.25, 0.3) is 0 Å². The van der Waals surface area contributed by atoms with Gasteiger partial charge in [0.05, 0.1) is 24.7 Å². The maximum Gasteiger partial charge on any atom is 0.237 e. The number of primary amides is 1. The van der Waals surface area contributed by atoms with Crippen LogP contribution in [0.5, 0.6) is 11.5 Å². The first-order valence-corrected chi connectivity index (χ1v) is 7.88. The second-order valence-corrected chi connectivity index (χ2v) is 5.54. The molecule has 0 atom stereocenters. The van der Waals surface area contributed by atoms with Crippen LogP contribution in [0.25, 0.3) is 11.0 Å². The van der Waals surface area contributed by atoms with Crippen molar-refractivity contribution < 1.29 is 14.3 Å². The molecule has 0 saturated heterocycles. The molecule has 138 valence electrons. The van der Waals surface area contributed by atoms with Gasteiger partial charge in [0, 0.05) is 0 Å². The predicted molar refractivity (Wildman–Crippen MR) is 101 cm³/mol. The Labute approximate surface area is 156 Å². The Morgan fingerprint density at radius 1 is 1.04 bits per heavy atom. The number of nitrogens with zero attached hydrogens (tertiary/aromatic N) is 2. The molecule has 3 N–H and O–H groups in total. The number of carbonyl (C=O) groups excluding carboxylic acids is 1. The summed E-state index contributed by atoms with van der Waals surface area (Å²) < 4.78 is 14.3. The monoisotopic (exact) mass is 376 g/mol. The summed E-state index contributed by atoms with van der Waals surface area (Å²) in [6.45, 7) is 0.857. The fourth-order valence-electron chi connectivity index (χ4n) is 2.76. The van der Waals surface area contributed by atoms with Crippen molar-refractivity contribution >= 4 is 29.3 Å². The molecule has 0 aliphatic heterocycles. The number of fused-ring (bicyclic) bond motifs is 1. The number of carbonyl (C=O) groups is 1. The second kappa shape index (κ2) is 8.44. The number of hydrogen-bond donors (Lipinski definition) is 2. The Kier molecular flexibility index (Phi) is 6.30. The Bertz CT molecular complexity index is 947. The van der Waals surface area contributed by atoms with Crippen LogP contribution < -0.4 is 20.8 Å². The Morgan fingerprint density at radius 3 is 2.19 bits per heavy atom. The van der Waals surface area contributed by atoms with Crippen molar-refractivity contribution in [1.82, 2.24) is 9.13 Å². The number of hydrogen-bond acceptors (Lipinski definition) is 4. The molecule has 0 unspecified atom stereocenters. The van der Waals surface area contributed by atoms with Crippen LogP contribution in [0.2, 0.25) is 0 Å². The van der Waals surface area contributed by atoms with Gasteiger partial charge in [0.1, 0.15) is 24.7 Å². The largest absolute Gasteiger partial charge is 0.497 e. The summed E-state index contributed by atoms with van der Waals surface area (Å²) in [4.78, 5) is 11.3. The first kappa shape index (κ1) is 19.4. The predicted octanol–water partition coefficient (Wildman–Crippen LogP) is 1.92. The van der Waals surface area contributed by atoms with Crippen molar-refractivity contribution in [3.8, 4) is 11.5 Å². The molecule has 0 fully saturated rings. The van der Waals surface area contributed by atoms with E-state index in [0.717, 1.165) is 22.5 Å². The van der Waals surface area contributed by atoms with E-state index in [2.05, 4.69) is 0 Å². The van der Waals surface area contributed by atoms with Crippen molar-refractivity contribution in [3.63, 3.8) is 0 Å². The summed E-state index contributed by atoms with van der Waals surface area (Å²) >= 11 is 0. The Hall–Kier alpha value is -2.93. The summed E-state index contributed by atoms with van der Waals surface area (Å²) in [5.41, 5.74) is 7.20. The van der Waals surface area contributed by atoms with Crippen LogP contribution in [0.1, 0.15) is 0 Å². The Balaban J connectivity index is 0.00000243. The SMILES string of the molecule is COc1ccc(OCCn2c(=N)n(CC(N)=O)c3ccccc32)cc1.Cl. The van der Waals surface area contributed by atoms with Gasteiger partial charge in [-0.1, -0.05) is 12.1 Å². The molecular formula is C18H21ClN4O3. The zero-order valence-electron chi connectivity index (χ0n) is 14.3. The van der Waals surface area contributed by atoms with Gasteiger partial charge in [0.15, 0.2) is 0 Å². The molecule has 0 aliphatic carbocycles. The van der Waals surface area contributed by atoms with E-state index in [9.17, 15) is 4.79 Å². The first-order valence-electron chi connectivity index (χ1n) is 7.88. The van der Waals surface area contributed by atoms with Crippen molar-refractivity contribution in [2.24, 2.45) is 5.73 Å². The third kappa shape index (κ3) is 4.00. The highest BCUT2D eigenvalue weighted by Gasteiger charge is 2.11. The second-order valence-electron chi connectivity index (χ2n) is 5.54. The maximum absolute atomic E-state index is 11.3. The van der Waals surface area contributed by atoms with E-state index in [4.69, 9.17) is 20.6 Å². The highest BCUT2D eigenvalue weighted by atomic mass is 35.5. The zero-order chi connectivity index (χ0) is 17.8. The molecule has 7 nitrogen and oxygen atoms in total. The Morgan fingerprint density at radius 2 is 1.62 bits per heavy atom. The highest BCUT2D eigenvalue weighted by molar-refractivity contribution is 5.85. The summed E-state index contributed by atoms with van der Waals surface area (Å²) in [7, 11) is 1.62. The van der Waals surface area contributed by atoms with Crippen molar-refractivity contribution in [2.75, 3.05) is 13.7 Å². The third-order valence-electron chi connectivity index (χ3n) is 3.93. The van der Waals surface area contributed by atoms with Gasteiger partial charge in [-0.3, -0.25) is 10.2 Å². The summed E-state index contributed by atoms with van der Waals surface area (Å²) in [6.07, 6.45) is 0. The first-order chi connectivity index (χ1) is 12.1. The van der Waals surface area contributed by atoms with E-state index in [1.54, 1.807) is 11.7 Å². The van der Waals surface area contributed by atoms with Crippen molar-refractivity contribution in [1.29, 1.82) is 5.41 Å². The number of imidazole rings is 1. The van der Waals surface area contributed by atoms with Gasteiger partial charge in [-0.15, -0.1) is 12.4 Å². The molecule has 0 bridgehead atoms. The van der Waals surface area contributed by atoms with Gasteiger partial charge >= 0.3 is 0 Å². The minimum atomic E-state index is -0.476. The number of nitrogens with two attached hydrogens (primary N) is 1. The molecule has 3 rings (SSSR count). The average molecular weight is 377 g/mol. The molecule has 0 spiro atoms. The molecule has 1 heterocycles. The van der Waals surface area contributed by atoms with Gasteiger partial charge < -0.3 is 24.3 Å². The number of benzene rings is 2. The van der Waals surface area contributed by atoms with E-state index >= 15 is 0 Å². The molecular weight excluding hydrogens is 356 g/mol. The highest BCUT2D eigenvalue weighted by Crippen LogP contribution is 2.17. The number of aromatic nitrogens is 2. The van der Waals surface area contributed by atoms with E-state index in [1.165, 1.54) is 0 Å². The lowest BCUT2D eigenvalue weighted by Crippen LogP contribution is -2.30. The van der Waals surface area contributed by atoms with Gasteiger partial charge in [0.2, 0.25) is 11.5 Å². The molecule has 0 saturated carbocycles. The number of para-hydroxylation sites is 2. The van der Waals surface area contributed by atoms with Crippen LogP contribution in [0.15, 0.2) is 48.5 Å². The van der Waals surface area contributed by atoms with Crippen molar-refractivity contribution in [3.05, 3.63) is 54.1 Å². The number of amides is 1.